The number of benzene rings is 2. The van der Waals surface area contributed by atoms with Crippen LogP contribution in [0.5, 0.6) is 0 Å². The summed E-state index contributed by atoms with van der Waals surface area (Å²) in [6.45, 7) is 1.62. The first-order valence-electron chi connectivity index (χ1n) is 8.08. The maximum absolute atomic E-state index is 11.9. The van der Waals surface area contributed by atoms with Crippen LogP contribution in [0.1, 0.15) is 28.8 Å². The van der Waals surface area contributed by atoms with Crippen molar-refractivity contribution in [2.24, 2.45) is 5.16 Å². The lowest BCUT2D eigenvalue weighted by Gasteiger charge is -2.17. The lowest BCUT2D eigenvalue weighted by molar-refractivity contribution is -0.384. The van der Waals surface area contributed by atoms with Gasteiger partial charge in [-0.15, -0.1) is 0 Å². The summed E-state index contributed by atoms with van der Waals surface area (Å²) in [7, 11) is 0. The van der Waals surface area contributed by atoms with Gasteiger partial charge in [0.1, 0.15) is 5.69 Å². The molecular weight excluding hydrogens is 358 g/mol. The van der Waals surface area contributed by atoms with Gasteiger partial charge in [-0.25, -0.2) is 4.79 Å². The summed E-state index contributed by atoms with van der Waals surface area (Å²) in [5, 5.41) is 15.5. The van der Waals surface area contributed by atoms with E-state index in [1.807, 2.05) is 4.90 Å². The van der Waals surface area contributed by atoms with Gasteiger partial charge in [-0.05, 0) is 43.2 Å². The SMILES string of the molecule is O=C(O/N=C/c1ccc(N2CCCC2)c([N+](=O)[O-])c1)c1ccc(Cl)cc1. The Labute approximate surface area is 155 Å². The fourth-order valence-electron chi connectivity index (χ4n) is 2.77. The number of nitro benzene ring substituents is 1. The van der Waals surface area contributed by atoms with E-state index in [9.17, 15) is 14.9 Å². The van der Waals surface area contributed by atoms with Crippen molar-refractivity contribution in [3.05, 3.63) is 68.7 Å². The maximum Gasteiger partial charge on any atom is 0.365 e. The van der Waals surface area contributed by atoms with Crippen LogP contribution >= 0.6 is 11.6 Å². The molecule has 8 heteroatoms. The van der Waals surface area contributed by atoms with E-state index in [1.165, 1.54) is 24.4 Å². The van der Waals surface area contributed by atoms with E-state index < -0.39 is 10.9 Å². The Morgan fingerprint density at radius 1 is 1.19 bits per heavy atom. The first-order valence-corrected chi connectivity index (χ1v) is 8.46. The number of carbonyl (C=O) groups excluding carboxylic acids is 1. The Bertz CT molecular complexity index is 846. The monoisotopic (exact) mass is 373 g/mol. The van der Waals surface area contributed by atoms with Crippen molar-refractivity contribution in [1.82, 2.24) is 0 Å². The Kier molecular flexibility index (Phi) is 5.48. The summed E-state index contributed by atoms with van der Waals surface area (Å²) in [5.74, 6) is -0.638. The summed E-state index contributed by atoms with van der Waals surface area (Å²) in [6.07, 6.45) is 3.33. The number of anilines is 1. The van der Waals surface area contributed by atoms with E-state index in [2.05, 4.69) is 5.16 Å². The molecule has 134 valence electrons. The molecule has 1 saturated heterocycles. The van der Waals surface area contributed by atoms with Gasteiger partial charge in [0.05, 0.1) is 16.7 Å². The number of carbonyl (C=O) groups is 1. The molecule has 0 spiro atoms. The molecule has 0 atom stereocenters. The predicted molar refractivity (Wildman–Crippen MR) is 99.0 cm³/mol. The summed E-state index contributed by atoms with van der Waals surface area (Å²) in [5.41, 5.74) is 1.40. The minimum atomic E-state index is -0.638. The highest BCUT2D eigenvalue weighted by molar-refractivity contribution is 6.30. The number of halogens is 1. The topological polar surface area (TPSA) is 85.0 Å². The minimum absolute atomic E-state index is 0.0138. The van der Waals surface area contributed by atoms with Crippen LogP contribution in [0.25, 0.3) is 0 Å². The normalized spacial score (nSPS) is 14.0. The zero-order valence-corrected chi connectivity index (χ0v) is 14.6. The van der Waals surface area contributed by atoms with E-state index in [-0.39, 0.29) is 5.69 Å². The van der Waals surface area contributed by atoms with E-state index >= 15 is 0 Å². The van der Waals surface area contributed by atoms with Gasteiger partial charge in [0.25, 0.3) is 5.69 Å². The molecule has 7 nitrogen and oxygen atoms in total. The molecule has 1 aliphatic heterocycles. The highest BCUT2D eigenvalue weighted by atomic mass is 35.5. The Balaban J connectivity index is 1.71. The van der Waals surface area contributed by atoms with Crippen LogP contribution in [0.15, 0.2) is 47.6 Å². The first-order chi connectivity index (χ1) is 12.5. The van der Waals surface area contributed by atoms with Gasteiger partial charge in [-0.3, -0.25) is 10.1 Å². The van der Waals surface area contributed by atoms with Crippen LogP contribution in [0.3, 0.4) is 0 Å². The van der Waals surface area contributed by atoms with Gasteiger partial charge in [-0.1, -0.05) is 22.8 Å². The average molecular weight is 374 g/mol. The molecule has 0 bridgehead atoms. The lowest BCUT2D eigenvalue weighted by Crippen LogP contribution is -2.18. The summed E-state index contributed by atoms with van der Waals surface area (Å²) >= 11 is 5.76. The van der Waals surface area contributed by atoms with Crippen LogP contribution < -0.4 is 4.90 Å². The van der Waals surface area contributed by atoms with Gasteiger partial charge < -0.3 is 9.74 Å². The third-order valence-electron chi connectivity index (χ3n) is 4.06. The molecule has 0 amide bonds. The Morgan fingerprint density at radius 3 is 2.54 bits per heavy atom. The van der Waals surface area contributed by atoms with Gasteiger partial charge in [0.15, 0.2) is 0 Å². The third-order valence-corrected chi connectivity index (χ3v) is 4.31. The van der Waals surface area contributed by atoms with Crippen molar-refractivity contribution < 1.29 is 14.6 Å². The van der Waals surface area contributed by atoms with E-state index in [0.717, 1.165) is 25.9 Å². The second kappa shape index (κ2) is 7.97. The van der Waals surface area contributed by atoms with Crippen molar-refractivity contribution >= 4 is 35.2 Å². The Hall–Kier alpha value is -2.93. The number of nitro groups is 1. The van der Waals surface area contributed by atoms with Gasteiger partial charge in [-0.2, -0.15) is 0 Å². The van der Waals surface area contributed by atoms with Gasteiger partial charge in [0, 0.05) is 29.7 Å². The molecular formula is C18H16ClN3O4. The lowest BCUT2D eigenvalue weighted by atomic mass is 10.1. The molecule has 1 aliphatic rings. The molecule has 0 aromatic heterocycles. The standard InChI is InChI=1S/C18H16ClN3O4/c19-15-6-4-14(5-7-15)18(23)26-20-12-13-3-8-16(17(11-13)22(24)25)21-9-1-2-10-21/h3-8,11-12H,1-2,9-10H2/b20-12+. The molecule has 1 heterocycles. The summed E-state index contributed by atoms with van der Waals surface area (Å²) in [6, 6.07) is 11.0. The molecule has 0 N–H and O–H groups in total. The van der Waals surface area contributed by atoms with E-state index in [0.29, 0.717) is 21.8 Å². The second-order valence-corrected chi connectivity index (χ2v) is 6.26. The molecule has 3 rings (SSSR count). The van der Waals surface area contributed by atoms with Gasteiger partial charge in [0.2, 0.25) is 0 Å². The highest BCUT2D eigenvalue weighted by Gasteiger charge is 2.22. The van der Waals surface area contributed by atoms with Crippen LogP contribution in [0, 0.1) is 10.1 Å². The number of hydrogen-bond acceptors (Lipinski definition) is 6. The first kappa shape index (κ1) is 17.9. The van der Waals surface area contributed by atoms with Gasteiger partial charge >= 0.3 is 5.97 Å². The van der Waals surface area contributed by atoms with Crippen LogP contribution in [0.2, 0.25) is 5.02 Å². The number of hydrogen-bond donors (Lipinski definition) is 0. The maximum atomic E-state index is 11.9. The highest BCUT2D eigenvalue weighted by Crippen LogP contribution is 2.31. The number of rotatable bonds is 5. The van der Waals surface area contributed by atoms with E-state index in [4.69, 9.17) is 16.4 Å². The third kappa shape index (κ3) is 4.18. The Morgan fingerprint density at radius 2 is 1.88 bits per heavy atom. The van der Waals surface area contributed by atoms with Crippen LogP contribution in [-0.2, 0) is 4.84 Å². The second-order valence-electron chi connectivity index (χ2n) is 5.82. The molecule has 0 unspecified atom stereocenters. The quantitative estimate of drug-likeness (QED) is 0.342. The molecule has 2 aromatic carbocycles. The summed E-state index contributed by atoms with van der Waals surface area (Å²) in [4.78, 5) is 29.6. The molecule has 0 saturated carbocycles. The average Bonchev–Trinajstić information content (AvgIpc) is 3.16. The van der Waals surface area contributed by atoms with Crippen LogP contribution in [-0.4, -0.2) is 30.2 Å². The van der Waals surface area contributed by atoms with Crippen molar-refractivity contribution in [3.63, 3.8) is 0 Å². The van der Waals surface area contributed by atoms with Crippen molar-refractivity contribution in [1.29, 1.82) is 0 Å². The van der Waals surface area contributed by atoms with Crippen LogP contribution in [0.4, 0.5) is 11.4 Å². The fraction of sp³-hybridized carbons (Fsp3) is 0.222. The molecule has 1 fully saturated rings. The molecule has 0 radical (unpaired) electrons. The zero-order chi connectivity index (χ0) is 18.5. The zero-order valence-electron chi connectivity index (χ0n) is 13.8. The molecule has 2 aromatic rings. The number of oxime groups is 1. The fourth-order valence-corrected chi connectivity index (χ4v) is 2.89. The largest absolute Gasteiger partial charge is 0.366 e. The van der Waals surface area contributed by atoms with E-state index in [1.54, 1.807) is 24.3 Å². The minimum Gasteiger partial charge on any atom is -0.366 e. The molecule has 26 heavy (non-hydrogen) atoms. The summed E-state index contributed by atoms with van der Waals surface area (Å²) < 4.78 is 0. The van der Waals surface area contributed by atoms with Crippen molar-refractivity contribution in [2.45, 2.75) is 12.8 Å². The smallest absolute Gasteiger partial charge is 0.365 e. The van der Waals surface area contributed by atoms with Crippen molar-refractivity contribution in [3.8, 4) is 0 Å². The molecule has 0 aliphatic carbocycles. The number of nitrogens with zero attached hydrogens (tertiary/aromatic N) is 3. The van der Waals surface area contributed by atoms with Crippen molar-refractivity contribution in [2.75, 3.05) is 18.0 Å². The predicted octanol–water partition coefficient (Wildman–Crippen LogP) is 4.04.